The number of carbonyl (C=O) groups excluding carboxylic acids is 3. The fourth-order valence-corrected chi connectivity index (χ4v) is 1.42. The van der Waals surface area contributed by atoms with Gasteiger partial charge in [-0.3, -0.25) is 19.7 Å². The number of nitrogens with two attached hydrogens (primary N) is 1. The molecule has 0 aromatic rings. The van der Waals surface area contributed by atoms with Gasteiger partial charge in [0.15, 0.2) is 0 Å². The molecule has 0 aliphatic rings. The van der Waals surface area contributed by atoms with Crippen LogP contribution in [0.4, 0.5) is 4.79 Å². The number of imide groups is 1. The lowest BCUT2D eigenvalue weighted by Gasteiger charge is -2.21. The van der Waals surface area contributed by atoms with Gasteiger partial charge in [-0.25, -0.2) is 4.79 Å². The molecule has 0 atom stereocenters. The SMILES string of the molecule is CC(C)(CC(=O)O)CC(=O)NC(=O)NCCC(N)=O. The maximum absolute atomic E-state index is 11.5. The summed E-state index contributed by atoms with van der Waals surface area (Å²) in [6.07, 6.45) is -0.293. The first kappa shape index (κ1) is 16.9. The van der Waals surface area contributed by atoms with E-state index >= 15 is 0 Å². The molecule has 0 rings (SSSR count). The second-order valence-electron chi connectivity index (χ2n) is 4.93. The maximum atomic E-state index is 11.5. The molecule has 0 spiro atoms. The molecule has 0 saturated carbocycles. The summed E-state index contributed by atoms with van der Waals surface area (Å²) in [4.78, 5) is 43.7. The number of carbonyl (C=O) groups is 4. The van der Waals surface area contributed by atoms with Crippen LogP contribution in [-0.4, -0.2) is 35.5 Å². The monoisotopic (exact) mass is 273 g/mol. The second-order valence-corrected chi connectivity index (χ2v) is 4.93. The average Bonchev–Trinajstić information content (AvgIpc) is 2.12. The van der Waals surface area contributed by atoms with Gasteiger partial charge in [-0.05, 0) is 5.41 Å². The van der Waals surface area contributed by atoms with Crippen molar-refractivity contribution in [2.45, 2.75) is 33.1 Å². The fraction of sp³-hybridized carbons (Fsp3) is 0.636. The Morgan fingerprint density at radius 1 is 1.16 bits per heavy atom. The van der Waals surface area contributed by atoms with E-state index in [1.807, 2.05) is 5.32 Å². The first-order valence-electron chi connectivity index (χ1n) is 5.70. The van der Waals surface area contributed by atoms with Gasteiger partial charge in [0.2, 0.25) is 11.8 Å². The first-order chi connectivity index (χ1) is 8.62. The molecule has 19 heavy (non-hydrogen) atoms. The van der Waals surface area contributed by atoms with Crippen molar-refractivity contribution >= 4 is 23.8 Å². The van der Waals surface area contributed by atoms with Gasteiger partial charge in [0.1, 0.15) is 0 Å². The lowest BCUT2D eigenvalue weighted by atomic mass is 9.85. The van der Waals surface area contributed by atoms with E-state index in [0.717, 1.165) is 0 Å². The van der Waals surface area contributed by atoms with Crippen molar-refractivity contribution in [2.24, 2.45) is 11.1 Å². The molecule has 0 radical (unpaired) electrons. The second kappa shape index (κ2) is 7.34. The van der Waals surface area contributed by atoms with Crippen molar-refractivity contribution in [3.05, 3.63) is 0 Å². The lowest BCUT2D eigenvalue weighted by Crippen LogP contribution is -2.42. The molecule has 8 heteroatoms. The summed E-state index contributed by atoms with van der Waals surface area (Å²) < 4.78 is 0. The smallest absolute Gasteiger partial charge is 0.321 e. The third kappa shape index (κ3) is 9.57. The highest BCUT2D eigenvalue weighted by Crippen LogP contribution is 2.24. The van der Waals surface area contributed by atoms with Crippen LogP contribution < -0.4 is 16.4 Å². The van der Waals surface area contributed by atoms with Crippen molar-refractivity contribution in [2.75, 3.05) is 6.54 Å². The summed E-state index contributed by atoms with van der Waals surface area (Å²) in [6.45, 7) is 3.27. The minimum atomic E-state index is -1.01. The minimum Gasteiger partial charge on any atom is -0.481 e. The molecule has 0 aromatic carbocycles. The van der Waals surface area contributed by atoms with Crippen LogP contribution in [0.15, 0.2) is 0 Å². The molecule has 4 amide bonds. The van der Waals surface area contributed by atoms with E-state index in [-0.39, 0.29) is 25.8 Å². The van der Waals surface area contributed by atoms with Crippen LogP contribution in [0.5, 0.6) is 0 Å². The predicted molar refractivity (Wildman–Crippen MR) is 66.0 cm³/mol. The standard InChI is InChI=1S/C11H19N3O5/c1-11(2,6-9(17)18)5-8(16)14-10(19)13-4-3-7(12)15/h3-6H2,1-2H3,(H2,12,15)(H,17,18)(H2,13,14,16,19). The molecule has 0 aliphatic carbocycles. The molecule has 0 aromatic heterocycles. The molecule has 0 aliphatic heterocycles. The molecule has 0 heterocycles. The van der Waals surface area contributed by atoms with E-state index in [9.17, 15) is 19.2 Å². The predicted octanol–water partition coefficient (Wildman–Crippen LogP) is -0.421. The van der Waals surface area contributed by atoms with Gasteiger partial charge in [-0.2, -0.15) is 0 Å². The molecular weight excluding hydrogens is 254 g/mol. The lowest BCUT2D eigenvalue weighted by molar-refractivity contribution is -0.139. The highest BCUT2D eigenvalue weighted by molar-refractivity contribution is 5.94. The molecule has 5 N–H and O–H groups in total. The highest BCUT2D eigenvalue weighted by atomic mass is 16.4. The quantitative estimate of drug-likeness (QED) is 0.499. The molecule has 108 valence electrons. The summed E-state index contributed by atoms with van der Waals surface area (Å²) in [6, 6.07) is -0.739. The zero-order chi connectivity index (χ0) is 15.1. The van der Waals surface area contributed by atoms with Gasteiger partial charge in [0.05, 0.1) is 6.42 Å². The van der Waals surface area contributed by atoms with E-state index < -0.39 is 29.2 Å². The van der Waals surface area contributed by atoms with Crippen molar-refractivity contribution in [1.82, 2.24) is 10.6 Å². The Kier molecular flexibility index (Phi) is 6.53. The molecular formula is C11H19N3O5. The zero-order valence-electron chi connectivity index (χ0n) is 11.0. The van der Waals surface area contributed by atoms with Crippen molar-refractivity contribution in [3.8, 4) is 0 Å². The van der Waals surface area contributed by atoms with Gasteiger partial charge < -0.3 is 16.2 Å². The zero-order valence-corrected chi connectivity index (χ0v) is 11.0. The summed E-state index contributed by atoms with van der Waals surface area (Å²) >= 11 is 0. The van der Waals surface area contributed by atoms with E-state index in [0.29, 0.717) is 0 Å². The van der Waals surface area contributed by atoms with E-state index in [2.05, 4.69) is 5.32 Å². The number of carboxylic acids is 1. The Bertz CT molecular complexity index is 379. The molecule has 0 saturated heterocycles. The van der Waals surface area contributed by atoms with Crippen molar-refractivity contribution in [1.29, 1.82) is 0 Å². The number of amides is 4. The summed E-state index contributed by atoms with van der Waals surface area (Å²) in [5, 5.41) is 13.0. The van der Waals surface area contributed by atoms with Gasteiger partial charge >= 0.3 is 12.0 Å². The number of urea groups is 1. The third-order valence-corrected chi connectivity index (χ3v) is 2.18. The summed E-state index contributed by atoms with van der Waals surface area (Å²) in [5.74, 6) is -2.15. The first-order valence-corrected chi connectivity index (χ1v) is 5.70. The van der Waals surface area contributed by atoms with E-state index in [4.69, 9.17) is 10.8 Å². The van der Waals surface area contributed by atoms with Gasteiger partial charge in [-0.15, -0.1) is 0 Å². The van der Waals surface area contributed by atoms with Crippen LogP contribution in [0, 0.1) is 5.41 Å². The van der Waals surface area contributed by atoms with Crippen molar-refractivity contribution in [3.63, 3.8) is 0 Å². The van der Waals surface area contributed by atoms with Crippen LogP contribution in [-0.2, 0) is 14.4 Å². The molecule has 8 nitrogen and oxygen atoms in total. The summed E-state index contributed by atoms with van der Waals surface area (Å²) in [5.41, 5.74) is 4.13. The van der Waals surface area contributed by atoms with Gasteiger partial charge in [0.25, 0.3) is 0 Å². The summed E-state index contributed by atoms with van der Waals surface area (Å²) in [7, 11) is 0. The molecule has 0 unspecified atom stereocenters. The Morgan fingerprint density at radius 2 is 1.74 bits per heavy atom. The molecule has 0 bridgehead atoms. The Balaban J connectivity index is 4.06. The Morgan fingerprint density at radius 3 is 2.21 bits per heavy atom. The Labute approximate surface area is 110 Å². The van der Waals surface area contributed by atoms with Crippen LogP contribution in [0.3, 0.4) is 0 Å². The number of nitrogens with one attached hydrogen (secondary N) is 2. The van der Waals surface area contributed by atoms with Gasteiger partial charge in [-0.1, -0.05) is 13.8 Å². The topological polar surface area (TPSA) is 139 Å². The number of primary amides is 1. The highest BCUT2D eigenvalue weighted by Gasteiger charge is 2.25. The Hall–Kier alpha value is -2.12. The van der Waals surface area contributed by atoms with Crippen molar-refractivity contribution < 1.29 is 24.3 Å². The average molecular weight is 273 g/mol. The number of aliphatic carboxylic acids is 1. The van der Waals surface area contributed by atoms with E-state index in [1.54, 1.807) is 13.8 Å². The van der Waals surface area contributed by atoms with Crippen LogP contribution in [0.25, 0.3) is 0 Å². The maximum Gasteiger partial charge on any atom is 0.321 e. The number of carboxylic acid groups (broad SMARTS) is 1. The third-order valence-electron chi connectivity index (χ3n) is 2.18. The number of rotatable bonds is 7. The largest absolute Gasteiger partial charge is 0.481 e. The van der Waals surface area contributed by atoms with E-state index in [1.165, 1.54) is 0 Å². The number of hydrogen-bond acceptors (Lipinski definition) is 4. The minimum absolute atomic E-state index is 0.0217. The van der Waals surface area contributed by atoms with Crippen LogP contribution in [0.2, 0.25) is 0 Å². The number of hydrogen-bond donors (Lipinski definition) is 4. The van der Waals surface area contributed by atoms with Crippen LogP contribution in [0.1, 0.15) is 33.1 Å². The van der Waals surface area contributed by atoms with Crippen LogP contribution >= 0.6 is 0 Å². The fourth-order valence-electron chi connectivity index (χ4n) is 1.42. The molecule has 0 fully saturated rings. The van der Waals surface area contributed by atoms with Gasteiger partial charge in [0, 0.05) is 19.4 Å². The normalized spacial score (nSPS) is 10.6.